The van der Waals surface area contributed by atoms with Gasteiger partial charge in [0.25, 0.3) is 0 Å². The van der Waals surface area contributed by atoms with Crippen molar-refractivity contribution in [3.05, 3.63) is 57.0 Å². The number of amides is 1. The highest BCUT2D eigenvalue weighted by atomic mass is 35.5. The Morgan fingerprint density at radius 1 is 1.05 bits per heavy atom. The van der Waals surface area contributed by atoms with Crippen molar-refractivity contribution in [1.29, 1.82) is 0 Å². The first-order chi connectivity index (χ1) is 9.47. The van der Waals surface area contributed by atoms with Crippen LogP contribution < -0.4 is 11.1 Å². The van der Waals surface area contributed by atoms with Crippen LogP contribution >= 0.6 is 34.8 Å². The third-order valence-corrected chi connectivity index (χ3v) is 3.73. The summed E-state index contributed by atoms with van der Waals surface area (Å²) in [5.74, 6) is -0.233. The van der Waals surface area contributed by atoms with E-state index in [-0.39, 0.29) is 12.3 Å². The fraction of sp³-hybridized carbons (Fsp3) is 0.0714. The molecule has 0 atom stereocenters. The fourth-order valence-electron chi connectivity index (χ4n) is 1.68. The third kappa shape index (κ3) is 3.57. The quantitative estimate of drug-likeness (QED) is 0.647. The summed E-state index contributed by atoms with van der Waals surface area (Å²) in [6.45, 7) is 0. The molecular formula is C14H11Cl3N2O. The molecule has 0 aliphatic carbocycles. The number of nitrogen functional groups attached to an aromatic ring is 1. The second-order valence-corrected chi connectivity index (χ2v) is 5.39. The topological polar surface area (TPSA) is 55.1 Å². The minimum atomic E-state index is -0.233. The van der Waals surface area contributed by atoms with Crippen LogP contribution in [-0.2, 0) is 11.2 Å². The molecule has 0 unspecified atom stereocenters. The Hall–Kier alpha value is -1.42. The lowest BCUT2D eigenvalue weighted by Crippen LogP contribution is -2.15. The highest BCUT2D eigenvalue weighted by molar-refractivity contribution is 6.44. The average Bonchev–Trinajstić information content (AvgIpc) is 2.39. The first-order valence-electron chi connectivity index (χ1n) is 5.75. The number of halogens is 3. The van der Waals surface area contributed by atoms with E-state index in [1.165, 1.54) is 12.1 Å². The minimum Gasteiger partial charge on any atom is -0.398 e. The lowest BCUT2D eigenvalue weighted by molar-refractivity contribution is -0.115. The number of benzene rings is 2. The highest BCUT2D eigenvalue weighted by Crippen LogP contribution is 2.32. The molecular weight excluding hydrogens is 319 g/mol. The molecule has 0 saturated carbocycles. The third-order valence-electron chi connectivity index (χ3n) is 2.69. The van der Waals surface area contributed by atoms with E-state index >= 15 is 0 Å². The summed E-state index contributed by atoms with van der Waals surface area (Å²) in [7, 11) is 0. The van der Waals surface area contributed by atoms with Crippen LogP contribution in [0.1, 0.15) is 5.56 Å². The van der Waals surface area contributed by atoms with Gasteiger partial charge < -0.3 is 11.1 Å². The van der Waals surface area contributed by atoms with Crippen LogP contribution in [0.5, 0.6) is 0 Å². The number of carbonyl (C=O) groups is 1. The van der Waals surface area contributed by atoms with Gasteiger partial charge in [0.1, 0.15) is 0 Å². The molecule has 0 fully saturated rings. The van der Waals surface area contributed by atoms with E-state index in [1.807, 2.05) is 12.1 Å². The molecule has 2 rings (SSSR count). The zero-order chi connectivity index (χ0) is 14.7. The predicted octanol–water partition coefficient (Wildman–Crippen LogP) is 4.41. The van der Waals surface area contributed by atoms with Gasteiger partial charge in [-0.25, -0.2) is 0 Å². The molecule has 20 heavy (non-hydrogen) atoms. The van der Waals surface area contributed by atoms with Crippen LogP contribution in [0, 0.1) is 0 Å². The van der Waals surface area contributed by atoms with Gasteiger partial charge in [-0.1, -0.05) is 53.0 Å². The van der Waals surface area contributed by atoms with Gasteiger partial charge in [0, 0.05) is 5.69 Å². The number of carbonyl (C=O) groups excluding carboxylic acids is 1. The summed E-state index contributed by atoms with van der Waals surface area (Å²) in [5, 5.41) is 3.67. The van der Waals surface area contributed by atoms with Crippen LogP contribution in [-0.4, -0.2) is 5.91 Å². The number of para-hydroxylation sites is 1. The van der Waals surface area contributed by atoms with Gasteiger partial charge in [0.2, 0.25) is 5.91 Å². The smallest absolute Gasteiger partial charge is 0.228 e. The highest BCUT2D eigenvalue weighted by Gasteiger charge is 2.11. The van der Waals surface area contributed by atoms with E-state index in [9.17, 15) is 4.79 Å². The standard InChI is InChI=1S/C14H11Cl3N2O/c15-9-6-11(17)13(7-10(9)16)19-14(20)5-8-3-1-2-4-12(8)18/h1-4,6-7H,5,18H2,(H,19,20). The lowest BCUT2D eigenvalue weighted by Gasteiger charge is -2.09. The zero-order valence-corrected chi connectivity index (χ0v) is 12.6. The fourth-order valence-corrected chi connectivity index (χ4v) is 2.27. The van der Waals surface area contributed by atoms with Crippen molar-refractivity contribution in [3.8, 4) is 0 Å². The van der Waals surface area contributed by atoms with Crippen LogP contribution in [0.2, 0.25) is 15.1 Å². The van der Waals surface area contributed by atoms with E-state index in [4.69, 9.17) is 40.5 Å². The van der Waals surface area contributed by atoms with Crippen molar-refractivity contribution in [2.24, 2.45) is 0 Å². The molecule has 3 nitrogen and oxygen atoms in total. The monoisotopic (exact) mass is 328 g/mol. The second-order valence-electron chi connectivity index (χ2n) is 4.17. The summed E-state index contributed by atoms with van der Waals surface area (Å²) >= 11 is 17.7. The number of anilines is 2. The van der Waals surface area contributed by atoms with Gasteiger partial charge in [-0.05, 0) is 23.8 Å². The molecule has 2 aromatic rings. The summed E-state index contributed by atoms with van der Waals surface area (Å²) < 4.78 is 0. The number of hydrogen-bond donors (Lipinski definition) is 2. The van der Waals surface area contributed by atoms with Gasteiger partial charge in [-0.3, -0.25) is 4.79 Å². The molecule has 1 amide bonds. The molecule has 0 saturated heterocycles. The molecule has 104 valence electrons. The van der Waals surface area contributed by atoms with Crippen molar-refractivity contribution in [3.63, 3.8) is 0 Å². The average molecular weight is 330 g/mol. The Balaban J connectivity index is 2.13. The SMILES string of the molecule is Nc1ccccc1CC(=O)Nc1cc(Cl)c(Cl)cc1Cl. The lowest BCUT2D eigenvalue weighted by atomic mass is 10.1. The van der Waals surface area contributed by atoms with E-state index in [2.05, 4.69) is 5.32 Å². The summed E-state index contributed by atoms with van der Waals surface area (Å²) in [5.41, 5.74) is 7.53. The van der Waals surface area contributed by atoms with E-state index < -0.39 is 0 Å². The maximum Gasteiger partial charge on any atom is 0.228 e. The molecule has 0 bridgehead atoms. The van der Waals surface area contributed by atoms with Crippen molar-refractivity contribution < 1.29 is 4.79 Å². The molecule has 0 heterocycles. The Morgan fingerprint density at radius 2 is 1.70 bits per heavy atom. The Kier molecular flexibility index (Phi) is 4.76. The Morgan fingerprint density at radius 3 is 2.40 bits per heavy atom. The normalized spacial score (nSPS) is 10.3. The van der Waals surface area contributed by atoms with Gasteiger partial charge in [-0.2, -0.15) is 0 Å². The van der Waals surface area contributed by atoms with Crippen molar-refractivity contribution >= 4 is 52.1 Å². The first-order valence-corrected chi connectivity index (χ1v) is 6.88. The van der Waals surface area contributed by atoms with E-state index in [0.29, 0.717) is 26.4 Å². The van der Waals surface area contributed by atoms with Crippen LogP contribution in [0.4, 0.5) is 11.4 Å². The van der Waals surface area contributed by atoms with Crippen LogP contribution in [0.25, 0.3) is 0 Å². The molecule has 0 aromatic heterocycles. The van der Waals surface area contributed by atoms with E-state index in [0.717, 1.165) is 5.56 Å². The summed E-state index contributed by atoms with van der Waals surface area (Å²) in [4.78, 5) is 12.0. The number of hydrogen-bond acceptors (Lipinski definition) is 2. The second kappa shape index (κ2) is 6.35. The summed E-state index contributed by atoms with van der Waals surface area (Å²) in [6, 6.07) is 10.2. The van der Waals surface area contributed by atoms with Crippen LogP contribution in [0.3, 0.4) is 0 Å². The first kappa shape index (κ1) is 15.0. The maximum absolute atomic E-state index is 12.0. The minimum absolute atomic E-state index is 0.156. The zero-order valence-electron chi connectivity index (χ0n) is 10.3. The molecule has 0 aliphatic heterocycles. The molecule has 2 aromatic carbocycles. The summed E-state index contributed by atoms with van der Waals surface area (Å²) in [6.07, 6.45) is 0.156. The maximum atomic E-state index is 12.0. The van der Waals surface area contributed by atoms with Crippen molar-refractivity contribution in [2.45, 2.75) is 6.42 Å². The van der Waals surface area contributed by atoms with Gasteiger partial charge in [-0.15, -0.1) is 0 Å². The van der Waals surface area contributed by atoms with Crippen molar-refractivity contribution in [1.82, 2.24) is 0 Å². The number of nitrogens with two attached hydrogens (primary N) is 1. The Labute approximate surface area is 131 Å². The van der Waals surface area contributed by atoms with Crippen LogP contribution in [0.15, 0.2) is 36.4 Å². The predicted molar refractivity (Wildman–Crippen MR) is 84.7 cm³/mol. The molecule has 3 N–H and O–H groups in total. The largest absolute Gasteiger partial charge is 0.398 e. The number of nitrogens with one attached hydrogen (secondary N) is 1. The van der Waals surface area contributed by atoms with E-state index in [1.54, 1.807) is 12.1 Å². The van der Waals surface area contributed by atoms with Gasteiger partial charge in [0.15, 0.2) is 0 Å². The van der Waals surface area contributed by atoms with Gasteiger partial charge >= 0.3 is 0 Å². The number of rotatable bonds is 3. The Bertz CT molecular complexity index is 659. The molecule has 6 heteroatoms. The van der Waals surface area contributed by atoms with Gasteiger partial charge in [0.05, 0.1) is 27.2 Å². The molecule has 0 spiro atoms. The molecule has 0 radical (unpaired) electrons. The van der Waals surface area contributed by atoms with Crippen molar-refractivity contribution in [2.75, 3.05) is 11.1 Å². The molecule has 0 aliphatic rings.